The second-order valence-corrected chi connectivity index (χ2v) is 9.31. The highest BCUT2D eigenvalue weighted by atomic mass is 16.5. The Morgan fingerprint density at radius 1 is 1.36 bits per heavy atom. The zero-order chi connectivity index (χ0) is 28.5. The normalized spacial score (nSPS) is 16.4. The molecule has 0 saturated carbocycles. The van der Waals surface area contributed by atoms with Crippen LogP contribution in [-0.2, 0) is 19.1 Å². The summed E-state index contributed by atoms with van der Waals surface area (Å²) in [6.07, 6.45) is 9.90. The lowest BCUT2D eigenvalue weighted by Crippen LogP contribution is -2.43. The molecule has 3 heterocycles. The van der Waals surface area contributed by atoms with Gasteiger partial charge < -0.3 is 29.8 Å². The van der Waals surface area contributed by atoms with Crippen LogP contribution in [-0.4, -0.2) is 52.1 Å². The highest BCUT2D eigenvalue weighted by Crippen LogP contribution is 2.19. The van der Waals surface area contributed by atoms with Crippen LogP contribution in [0.4, 0.5) is 5.69 Å². The van der Waals surface area contributed by atoms with E-state index in [9.17, 15) is 24.0 Å². The first-order valence-corrected chi connectivity index (χ1v) is 12.4. The van der Waals surface area contributed by atoms with E-state index < -0.39 is 35.4 Å². The lowest BCUT2D eigenvalue weighted by molar-refractivity contribution is -0.141. The van der Waals surface area contributed by atoms with E-state index in [4.69, 9.17) is 15.7 Å². The molecule has 12 heteroatoms. The van der Waals surface area contributed by atoms with Crippen molar-refractivity contribution in [3.05, 3.63) is 58.4 Å². The summed E-state index contributed by atoms with van der Waals surface area (Å²) in [6.45, 7) is 5.56. The molecule has 0 aliphatic carbocycles. The minimum absolute atomic E-state index is 0.0122. The van der Waals surface area contributed by atoms with Crippen molar-refractivity contribution in [3.8, 4) is 12.3 Å². The summed E-state index contributed by atoms with van der Waals surface area (Å²) < 4.78 is 11.1. The Kier molecular flexibility index (Phi) is 9.80. The summed E-state index contributed by atoms with van der Waals surface area (Å²) >= 11 is 0. The Balaban J connectivity index is 1.83. The van der Waals surface area contributed by atoms with Crippen LogP contribution in [0.15, 0.2) is 45.9 Å². The van der Waals surface area contributed by atoms with Gasteiger partial charge in [0, 0.05) is 43.3 Å². The molecule has 1 fully saturated rings. The number of nitrogens with zero attached hydrogens (tertiary/aromatic N) is 2. The molecular formula is C27H31N5O7. The number of rotatable bonds is 11. The van der Waals surface area contributed by atoms with E-state index in [0.717, 1.165) is 4.57 Å². The van der Waals surface area contributed by atoms with Gasteiger partial charge >= 0.3 is 5.97 Å². The van der Waals surface area contributed by atoms with Crippen molar-refractivity contribution < 1.29 is 28.4 Å². The maximum absolute atomic E-state index is 13.4. The number of carbonyl (C=O) groups excluding carboxylic acids is 4. The summed E-state index contributed by atoms with van der Waals surface area (Å²) in [7, 11) is 0. The van der Waals surface area contributed by atoms with Gasteiger partial charge in [-0.05, 0) is 45.7 Å². The van der Waals surface area contributed by atoms with Crippen molar-refractivity contribution in [3.63, 3.8) is 0 Å². The van der Waals surface area contributed by atoms with Gasteiger partial charge in [-0.3, -0.25) is 19.2 Å². The van der Waals surface area contributed by atoms with Gasteiger partial charge in [-0.1, -0.05) is 11.2 Å². The second kappa shape index (κ2) is 13.2. The highest BCUT2D eigenvalue weighted by Gasteiger charge is 2.29. The quantitative estimate of drug-likeness (QED) is 0.221. The minimum atomic E-state index is -1.13. The summed E-state index contributed by atoms with van der Waals surface area (Å²) in [5.74, 6) is 0.459. The number of nitrogens with one attached hydrogen (secondary N) is 3. The third kappa shape index (κ3) is 7.91. The fraction of sp³-hybridized carbons (Fsp3) is 0.407. The fourth-order valence-corrected chi connectivity index (χ4v) is 4.05. The standard InChI is InChI=1S/C27H31N5O7/c1-5-7-22(32-13-6-8-20(27(32)37)30-25(35)21-14-17(4)39-31-21)26(36)29-19(9-10-23(33)38-16(2)3)15-18-11-12-28-24(18)34/h1,6,8-10,13-14,16,18-19,22H,7,11-12,15H2,2-4H3,(H,28,34)(H,29,36)(H,30,35)/t18-,19+,22-/m0/s1. The van der Waals surface area contributed by atoms with Crippen LogP contribution < -0.4 is 21.5 Å². The molecule has 3 amide bonds. The van der Waals surface area contributed by atoms with Crippen molar-refractivity contribution in [2.45, 2.75) is 58.2 Å². The average Bonchev–Trinajstić information content (AvgIpc) is 3.50. The molecule has 3 N–H and O–H groups in total. The number of ether oxygens (including phenoxy) is 1. The smallest absolute Gasteiger partial charge is 0.330 e. The number of esters is 1. The van der Waals surface area contributed by atoms with E-state index in [-0.39, 0.29) is 42.2 Å². The Morgan fingerprint density at radius 2 is 2.13 bits per heavy atom. The van der Waals surface area contributed by atoms with Gasteiger partial charge in [0.05, 0.1) is 6.10 Å². The number of terminal acetylenes is 1. The first-order chi connectivity index (χ1) is 18.6. The first-order valence-electron chi connectivity index (χ1n) is 12.4. The highest BCUT2D eigenvalue weighted by molar-refractivity contribution is 6.02. The predicted molar refractivity (Wildman–Crippen MR) is 140 cm³/mol. The molecule has 3 atom stereocenters. The molecule has 206 valence electrons. The van der Waals surface area contributed by atoms with Gasteiger partial charge in [0.15, 0.2) is 5.69 Å². The molecule has 1 saturated heterocycles. The minimum Gasteiger partial charge on any atom is -0.460 e. The number of hydrogen-bond donors (Lipinski definition) is 3. The SMILES string of the molecule is C#CC[C@@H](C(=O)N[C@H](C=CC(=O)OC(C)C)C[C@@H]1CCNC1=O)n1cccc(NC(=O)c2cc(C)on2)c1=O. The molecule has 0 radical (unpaired) electrons. The molecule has 0 bridgehead atoms. The Hall–Kier alpha value is -4.66. The van der Waals surface area contributed by atoms with E-state index in [1.54, 1.807) is 20.8 Å². The van der Waals surface area contributed by atoms with Crippen molar-refractivity contribution in [1.29, 1.82) is 0 Å². The molecule has 0 unspecified atom stereocenters. The zero-order valence-electron chi connectivity index (χ0n) is 21.9. The molecule has 0 aromatic carbocycles. The van der Waals surface area contributed by atoms with E-state index in [1.807, 2.05) is 0 Å². The summed E-state index contributed by atoms with van der Waals surface area (Å²) in [5.41, 5.74) is -0.764. The largest absolute Gasteiger partial charge is 0.460 e. The van der Waals surface area contributed by atoms with Gasteiger partial charge in [0.1, 0.15) is 17.5 Å². The van der Waals surface area contributed by atoms with Crippen molar-refractivity contribution in [2.75, 3.05) is 11.9 Å². The van der Waals surface area contributed by atoms with Crippen molar-refractivity contribution in [1.82, 2.24) is 20.4 Å². The molecular weight excluding hydrogens is 506 g/mol. The van der Waals surface area contributed by atoms with Gasteiger partial charge in [0.25, 0.3) is 11.5 Å². The zero-order valence-corrected chi connectivity index (χ0v) is 21.9. The van der Waals surface area contributed by atoms with Gasteiger partial charge in [-0.2, -0.15) is 0 Å². The molecule has 39 heavy (non-hydrogen) atoms. The lowest BCUT2D eigenvalue weighted by atomic mass is 9.97. The first kappa shape index (κ1) is 28.9. The molecule has 3 rings (SSSR count). The van der Waals surface area contributed by atoms with E-state index >= 15 is 0 Å². The number of carbonyl (C=O) groups is 4. The molecule has 1 aliphatic rings. The van der Waals surface area contributed by atoms with Gasteiger partial charge in [-0.15, -0.1) is 12.3 Å². The second-order valence-electron chi connectivity index (χ2n) is 9.31. The molecule has 2 aromatic rings. The van der Waals surface area contributed by atoms with Crippen LogP contribution in [0, 0.1) is 25.2 Å². The number of amides is 3. The van der Waals surface area contributed by atoms with Crippen LogP contribution in [0.1, 0.15) is 55.4 Å². The van der Waals surface area contributed by atoms with E-state index in [1.165, 1.54) is 36.5 Å². The molecule has 12 nitrogen and oxygen atoms in total. The monoisotopic (exact) mass is 537 g/mol. The lowest BCUT2D eigenvalue weighted by Gasteiger charge is -2.23. The number of pyridine rings is 1. The maximum Gasteiger partial charge on any atom is 0.330 e. The number of anilines is 1. The molecule has 2 aromatic heterocycles. The van der Waals surface area contributed by atoms with Crippen LogP contribution in [0.5, 0.6) is 0 Å². The fourth-order valence-electron chi connectivity index (χ4n) is 4.05. The number of hydrogen-bond acceptors (Lipinski definition) is 8. The van der Waals surface area contributed by atoms with Gasteiger partial charge in [0.2, 0.25) is 11.8 Å². The number of aryl methyl sites for hydroxylation is 1. The van der Waals surface area contributed by atoms with Crippen LogP contribution in [0.3, 0.4) is 0 Å². The third-order valence-corrected chi connectivity index (χ3v) is 5.88. The van der Waals surface area contributed by atoms with Gasteiger partial charge in [-0.25, -0.2) is 4.79 Å². The summed E-state index contributed by atoms with van der Waals surface area (Å²) in [4.78, 5) is 63.3. The Morgan fingerprint density at radius 3 is 2.74 bits per heavy atom. The van der Waals surface area contributed by atoms with Crippen LogP contribution in [0.25, 0.3) is 0 Å². The third-order valence-electron chi connectivity index (χ3n) is 5.88. The average molecular weight is 538 g/mol. The van der Waals surface area contributed by atoms with E-state index in [0.29, 0.717) is 18.7 Å². The summed E-state index contributed by atoms with van der Waals surface area (Å²) in [6, 6.07) is 2.44. The topological polar surface area (TPSA) is 162 Å². The Bertz CT molecular complexity index is 1350. The maximum atomic E-state index is 13.4. The van der Waals surface area contributed by atoms with E-state index in [2.05, 4.69) is 27.0 Å². The molecule has 1 aliphatic heterocycles. The molecule has 0 spiro atoms. The Labute approximate surface area is 225 Å². The van der Waals surface area contributed by atoms with Crippen LogP contribution >= 0.6 is 0 Å². The van der Waals surface area contributed by atoms with Crippen molar-refractivity contribution in [2.24, 2.45) is 5.92 Å². The van der Waals surface area contributed by atoms with Crippen molar-refractivity contribution >= 4 is 29.4 Å². The van der Waals surface area contributed by atoms with Crippen LogP contribution in [0.2, 0.25) is 0 Å². The summed E-state index contributed by atoms with van der Waals surface area (Å²) in [5, 5.41) is 11.6. The predicted octanol–water partition coefficient (Wildman–Crippen LogP) is 1.48. The number of aromatic nitrogens is 2.